The van der Waals surface area contributed by atoms with Gasteiger partial charge >= 0.3 is 0 Å². The maximum absolute atomic E-state index is 11.5. The van der Waals surface area contributed by atoms with E-state index in [1.54, 1.807) is 25.3 Å². The highest BCUT2D eigenvalue weighted by Gasteiger charge is 2.12. The first-order valence-corrected chi connectivity index (χ1v) is 10.5. The number of sulfonamides is 1. The van der Waals surface area contributed by atoms with Crippen molar-refractivity contribution in [2.75, 3.05) is 23.4 Å². The van der Waals surface area contributed by atoms with Gasteiger partial charge in [0.1, 0.15) is 5.75 Å². The van der Waals surface area contributed by atoms with Crippen molar-refractivity contribution in [1.29, 1.82) is 0 Å². The molecule has 1 heterocycles. The van der Waals surface area contributed by atoms with E-state index in [9.17, 15) is 8.42 Å². The molecule has 0 aliphatic heterocycles. The fourth-order valence-corrected chi connectivity index (χ4v) is 3.74. The highest BCUT2D eigenvalue weighted by molar-refractivity contribution is 8.93. The lowest BCUT2D eigenvalue weighted by Crippen LogP contribution is -2.09. The Balaban J connectivity index is 0.00000240. The second kappa shape index (κ2) is 8.26. The van der Waals surface area contributed by atoms with E-state index in [1.807, 2.05) is 48.5 Å². The van der Waals surface area contributed by atoms with Crippen LogP contribution in [0.4, 0.5) is 17.1 Å². The van der Waals surface area contributed by atoms with Crippen LogP contribution in [0.2, 0.25) is 0 Å². The number of fused-ring (bicyclic) bond motifs is 2. The van der Waals surface area contributed by atoms with E-state index in [-0.39, 0.29) is 17.0 Å². The van der Waals surface area contributed by atoms with Crippen LogP contribution in [0.1, 0.15) is 0 Å². The van der Waals surface area contributed by atoms with E-state index in [0.29, 0.717) is 11.4 Å². The van der Waals surface area contributed by atoms with Crippen molar-refractivity contribution < 1.29 is 13.2 Å². The molecule has 0 fully saturated rings. The van der Waals surface area contributed by atoms with Crippen molar-refractivity contribution in [2.45, 2.75) is 0 Å². The van der Waals surface area contributed by atoms with E-state index in [4.69, 9.17) is 9.72 Å². The molecule has 0 aliphatic rings. The van der Waals surface area contributed by atoms with Crippen LogP contribution in [0, 0.1) is 0 Å². The zero-order valence-corrected chi connectivity index (χ0v) is 18.4. The van der Waals surface area contributed by atoms with Crippen molar-refractivity contribution >= 4 is 65.9 Å². The quantitative estimate of drug-likeness (QED) is 0.394. The lowest BCUT2D eigenvalue weighted by atomic mass is 10.1. The first-order valence-electron chi connectivity index (χ1n) is 8.65. The number of aromatic nitrogens is 1. The first-order chi connectivity index (χ1) is 13.4. The zero-order chi connectivity index (χ0) is 19.7. The Labute approximate surface area is 179 Å². The zero-order valence-electron chi connectivity index (χ0n) is 15.8. The van der Waals surface area contributed by atoms with Crippen molar-refractivity contribution in [3.63, 3.8) is 0 Å². The Bertz CT molecular complexity index is 1240. The fourth-order valence-electron chi connectivity index (χ4n) is 3.18. The van der Waals surface area contributed by atoms with Crippen LogP contribution in [0.5, 0.6) is 5.75 Å². The Morgan fingerprint density at radius 3 is 2.03 bits per heavy atom. The monoisotopic (exact) mass is 473 g/mol. The molecule has 2 N–H and O–H groups in total. The third-order valence-electron chi connectivity index (χ3n) is 4.35. The van der Waals surface area contributed by atoms with Gasteiger partial charge in [0, 0.05) is 16.8 Å². The van der Waals surface area contributed by atoms with Gasteiger partial charge in [-0.2, -0.15) is 0 Å². The van der Waals surface area contributed by atoms with Crippen LogP contribution in [-0.2, 0) is 10.0 Å². The lowest BCUT2D eigenvalue weighted by molar-refractivity contribution is 0.417. The number of benzene rings is 3. The lowest BCUT2D eigenvalue weighted by Gasteiger charge is -2.16. The van der Waals surface area contributed by atoms with Crippen LogP contribution in [0.15, 0.2) is 66.7 Å². The third-order valence-corrected chi connectivity index (χ3v) is 4.96. The van der Waals surface area contributed by atoms with E-state index < -0.39 is 10.0 Å². The molecule has 0 aliphatic carbocycles. The predicted molar refractivity (Wildman–Crippen MR) is 124 cm³/mol. The average Bonchev–Trinajstić information content (AvgIpc) is 2.67. The number of methoxy groups -OCH3 is 1. The van der Waals surface area contributed by atoms with Gasteiger partial charge in [-0.3, -0.25) is 4.72 Å². The topological polar surface area (TPSA) is 80.3 Å². The van der Waals surface area contributed by atoms with Crippen LogP contribution in [0.25, 0.3) is 21.8 Å². The largest absolute Gasteiger partial charge is 0.494 e. The molecule has 0 atom stereocenters. The van der Waals surface area contributed by atoms with Gasteiger partial charge in [-0.05, 0) is 24.3 Å². The maximum atomic E-state index is 11.5. The first kappa shape index (κ1) is 20.9. The summed E-state index contributed by atoms with van der Waals surface area (Å²) >= 11 is 0. The highest BCUT2D eigenvalue weighted by atomic mass is 79.9. The van der Waals surface area contributed by atoms with Crippen molar-refractivity contribution in [2.24, 2.45) is 0 Å². The average molecular weight is 474 g/mol. The standard InChI is InChI=1S/C21H19N3O3S.BrH/c1-27-20-13-14(24-28(2,25)26)11-12-19(20)23-21-15-7-3-5-9-17(15)22-18-10-6-4-8-16(18)21;/h3-13,24H,1-2H3,(H,22,23);1H. The molecule has 0 spiro atoms. The number of hydrogen-bond acceptors (Lipinski definition) is 5. The van der Waals surface area contributed by atoms with Crippen LogP contribution in [0.3, 0.4) is 0 Å². The van der Waals surface area contributed by atoms with Crippen LogP contribution < -0.4 is 14.8 Å². The summed E-state index contributed by atoms with van der Waals surface area (Å²) in [6.45, 7) is 0. The van der Waals surface area contributed by atoms with Crippen molar-refractivity contribution in [1.82, 2.24) is 4.98 Å². The van der Waals surface area contributed by atoms with E-state index in [2.05, 4.69) is 10.0 Å². The van der Waals surface area contributed by atoms with Gasteiger partial charge in [0.25, 0.3) is 0 Å². The molecule has 4 aromatic rings. The summed E-state index contributed by atoms with van der Waals surface area (Å²) in [5, 5.41) is 5.43. The molecule has 0 saturated carbocycles. The van der Waals surface area contributed by atoms with Crippen LogP contribution in [-0.4, -0.2) is 26.8 Å². The number of nitrogens with one attached hydrogen (secondary N) is 2. The third kappa shape index (κ3) is 4.44. The van der Waals surface area contributed by atoms with Gasteiger partial charge in [-0.15, -0.1) is 17.0 Å². The molecule has 0 bridgehead atoms. The Kier molecular flexibility index (Phi) is 5.95. The van der Waals surface area contributed by atoms with Gasteiger partial charge in [0.05, 0.1) is 41.5 Å². The smallest absolute Gasteiger partial charge is 0.229 e. The number of nitrogens with zero attached hydrogens (tertiary/aromatic N) is 1. The number of para-hydroxylation sites is 2. The number of pyridine rings is 1. The summed E-state index contributed by atoms with van der Waals surface area (Å²) in [6.07, 6.45) is 1.11. The summed E-state index contributed by atoms with van der Waals surface area (Å²) in [5.41, 5.74) is 3.86. The molecule has 0 unspecified atom stereocenters. The van der Waals surface area contributed by atoms with Gasteiger partial charge in [0.2, 0.25) is 10.0 Å². The molecular weight excluding hydrogens is 454 g/mol. The number of rotatable bonds is 5. The second-order valence-corrected chi connectivity index (χ2v) is 8.18. The summed E-state index contributed by atoms with van der Waals surface area (Å²) < 4.78 is 30.9. The molecule has 4 rings (SSSR count). The fraction of sp³-hybridized carbons (Fsp3) is 0.0952. The minimum absolute atomic E-state index is 0. The van der Waals surface area contributed by atoms with Gasteiger partial charge in [0.15, 0.2) is 0 Å². The molecule has 0 radical (unpaired) electrons. The Morgan fingerprint density at radius 1 is 0.897 bits per heavy atom. The van der Waals surface area contributed by atoms with E-state index >= 15 is 0 Å². The Hall–Kier alpha value is -2.84. The number of halogens is 1. The molecule has 1 aromatic heterocycles. The minimum atomic E-state index is -3.37. The normalized spacial score (nSPS) is 11.1. The molecule has 0 saturated heterocycles. The number of anilines is 3. The van der Waals surface area contributed by atoms with Gasteiger partial charge < -0.3 is 10.1 Å². The summed E-state index contributed by atoms with van der Waals surface area (Å²) in [4.78, 5) is 4.73. The van der Waals surface area contributed by atoms with Gasteiger partial charge in [-0.1, -0.05) is 36.4 Å². The Morgan fingerprint density at radius 2 is 1.48 bits per heavy atom. The molecule has 8 heteroatoms. The van der Waals surface area contributed by atoms with E-state index in [0.717, 1.165) is 39.4 Å². The molecule has 3 aromatic carbocycles. The summed E-state index contributed by atoms with van der Waals surface area (Å²) in [7, 11) is -1.82. The van der Waals surface area contributed by atoms with Crippen molar-refractivity contribution in [3.8, 4) is 5.75 Å². The molecule has 150 valence electrons. The molecule has 29 heavy (non-hydrogen) atoms. The number of hydrogen-bond donors (Lipinski definition) is 2. The predicted octanol–water partition coefficient (Wildman–Crippen LogP) is 5.09. The second-order valence-electron chi connectivity index (χ2n) is 6.44. The number of ether oxygens (including phenoxy) is 1. The molecule has 0 amide bonds. The maximum Gasteiger partial charge on any atom is 0.229 e. The van der Waals surface area contributed by atoms with E-state index in [1.165, 1.54) is 0 Å². The summed E-state index contributed by atoms with van der Waals surface area (Å²) in [5.74, 6) is 0.527. The SMILES string of the molecule is Br.COc1cc(NS(C)(=O)=O)ccc1Nc1c2ccccc2nc2ccccc12. The summed E-state index contributed by atoms with van der Waals surface area (Å²) in [6, 6.07) is 21.0. The molecular formula is C21H20BrN3O3S. The molecule has 6 nitrogen and oxygen atoms in total. The van der Waals surface area contributed by atoms with Crippen LogP contribution >= 0.6 is 17.0 Å². The van der Waals surface area contributed by atoms with Gasteiger partial charge in [-0.25, -0.2) is 13.4 Å². The minimum Gasteiger partial charge on any atom is -0.494 e. The highest BCUT2D eigenvalue weighted by Crippen LogP contribution is 2.37. The van der Waals surface area contributed by atoms with Crippen molar-refractivity contribution in [3.05, 3.63) is 66.7 Å².